The second-order valence-electron chi connectivity index (χ2n) is 8.98. The first kappa shape index (κ1) is 24.2. The average Bonchev–Trinajstić information content (AvgIpc) is 2.84. The third kappa shape index (κ3) is 4.05. The monoisotopic (exact) mass is 528 g/mol. The summed E-state index contributed by atoms with van der Waals surface area (Å²) in [6.07, 6.45) is 4.76. The summed E-state index contributed by atoms with van der Waals surface area (Å²) in [6, 6.07) is 19.3. The molecule has 170 valence electrons. The third-order valence-corrected chi connectivity index (χ3v) is 8.66. The lowest BCUT2D eigenvalue weighted by atomic mass is 9.56. The van der Waals surface area contributed by atoms with Gasteiger partial charge in [-0.3, -0.25) is 0 Å². The van der Waals surface area contributed by atoms with E-state index >= 15 is 0 Å². The van der Waals surface area contributed by atoms with Crippen LogP contribution in [-0.4, -0.2) is 0 Å². The van der Waals surface area contributed by atoms with Crippen molar-refractivity contribution >= 4 is 27.7 Å². The number of nitrogens with two attached hydrogens (primary N) is 1. The predicted octanol–water partition coefficient (Wildman–Crippen LogP) is 6.95. The van der Waals surface area contributed by atoms with Crippen molar-refractivity contribution in [1.29, 1.82) is 15.8 Å². The Morgan fingerprint density at radius 3 is 2.44 bits per heavy atom. The number of thioether (sulfide) groups is 1. The van der Waals surface area contributed by atoms with Gasteiger partial charge < -0.3 is 5.73 Å². The number of fused-ring (bicyclic) bond motifs is 1. The molecule has 2 aliphatic rings. The number of aryl methyl sites for hydroxylation is 2. The van der Waals surface area contributed by atoms with E-state index in [9.17, 15) is 15.8 Å². The van der Waals surface area contributed by atoms with E-state index < -0.39 is 11.3 Å². The van der Waals surface area contributed by atoms with Gasteiger partial charge in [0, 0.05) is 21.0 Å². The molecule has 2 aromatic carbocycles. The highest BCUT2D eigenvalue weighted by Gasteiger charge is 2.54. The second kappa shape index (κ2) is 9.71. The Morgan fingerprint density at radius 1 is 1.09 bits per heavy atom. The van der Waals surface area contributed by atoms with E-state index in [-0.39, 0.29) is 11.6 Å². The number of rotatable bonds is 4. The van der Waals surface area contributed by atoms with Crippen molar-refractivity contribution in [2.45, 2.75) is 49.7 Å². The maximum atomic E-state index is 10.3. The smallest absolute Gasteiger partial charge is 0.191 e. The molecule has 0 amide bonds. The van der Waals surface area contributed by atoms with Crippen LogP contribution in [0.5, 0.6) is 0 Å². The summed E-state index contributed by atoms with van der Waals surface area (Å²) >= 11 is 5.24. The molecule has 6 heteroatoms. The Hall–Kier alpha value is -2.98. The minimum Gasteiger partial charge on any atom is -0.399 e. The van der Waals surface area contributed by atoms with Crippen LogP contribution >= 0.6 is 27.7 Å². The van der Waals surface area contributed by atoms with Crippen molar-refractivity contribution in [2.75, 3.05) is 0 Å². The Bertz CT molecular complexity index is 1300. The molecule has 0 saturated heterocycles. The van der Waals surface area contributed by atoms with Crippen molar-refractivity contribution in [2.24, 2.45) is 17.1 Å². The van der Waals surface area contributed by atoms with Gasteiger partial charge in [0.05, 0.1) is 23.4 Å². The SMILES string of the molecule is Cc1cc(C)c([C@H]2[C@H]3CCCC=C3C(C#N)=C(N)C2(C#N)C#N)cc1CSc1ccc(Br)cc1. The van der Waals surface area contributed by atoms with Crippen molar-refractivity contribution in [3.8, 4) is 18.2 Å². The highest BCUT2D eigenvalue weighted by Crippen LogP contribution is 2.56. The van der Waals surface area contributed by atoms with Crippen molar-refractivity contribution < 1.29 is 0 Å². The molecule has 34 heavy (non-hydrogen) atoms. The van der Waals surface area contributed by atoms with E-state index in [4.69, 9.17) is 5.73 Å². The molecule has 4 rings (SSSR count). The van der Waals surface area contributed by atoms with Crippen LogP contribution < -0.4 is 5.73 Å². The van der Waals surface area contributed by atoms with Crippen LogP contribution in [-0.2, 0) is 5.75 Å². The molecule has 0 bridgehead atoms. The Morgan fingerprint density at radius 2 is 1.79 bits per heavy atom. The highest BCUT2D eigenvalue weighted by molar-refractivity contribution is 9.10. The van der Waals surface area contributed by atoms with Crippen LogP contribution in [0.25, 0.3) is 0 Å². The van der Waals surface area contributed by atoms with Gasteiger partial charge >= 0.3 is 0 Å². The Balaban J connectivity index is 1.83. The van der Waals surface area contributed by atoms with Gasteiger partial charge in [0.25, 0.3) is 0 Å². The number of benzene rings is 2. The Labute approximate surface area is 213 Å². The first-order valence-electron chi connectivity index (χ1n) is 11.3. The largest absolute Gasteiger partial charge is 0.399 e. The maximum Gasteiger partial charge on any atom is 0.191 e. The number of hydrogen-bond acceptors (Lipinski definition) is 5. The van der Waals surface area contributed by atoms with E-state index in [0.717, 1.165) is 46.2 Å². The van der Waals surface area contributed by atoms with Crippen LogP contribution in [0.15, 0.2) is 68.7 Å². The summed E-state index contributed by atoms with van der Waals surface area (Å²) in [7, 11) is 0. The van der Waals surface area contributed by atoms with E-state index in [1.165, 1.54) is 16.0 Å². The molecule has 0 saturated carbocycles. The molecule has 0 aromatic heterocycles. The van der Waals surface area contributed by atoms with Crippen LogP contribution in [0, 0.1) is 59.2 Å². The average molecular weight is 530 g/mol. The van der Waals surface area contributed by atoms with Gasteiger partial charge in [-0.25, -0.2) is 0 Å². The van der Waals surface area contributed by atoms with E-state index in [2.05, 4.69) is 71.4 Å². The quantitative estimate of drug-likeness (QED) is 0.432. The summed E-state index contributed by atoms with van der Waals surface area (Å²) in [4.78, 5) is 1.18. The molecular weight excluding hydrogens is 504 g/mol. The molecule has 0 unspecified atom stereocenters. The number of halogens is 1. The van der Waals surface area contributed by atoms with Gasteiger partial charge in [0.1, 0.15) is 6.07 Å². The normalized spacial score (nSPS) is 21.0. The summed E-state index contributed by atoms with van der Waals surface area (Å²) in [5.41, 5.74) is 10.6. The standard InChI is InChI=1S/C28H25BrN4S/c1-17-11-18(2)24(12-19(17)14-34-21-9-7-20(29)8-10-21)26-23-6-4-3-5-22(23)25(13-30)27(33)28(26,15-31)16-32/h5,7-12,23,26H,3-4,6,14,33H2,1-2H3/t23-,26+/m0/s1. The fourth-order valence-corrected chi connectivity index (χ4v) is 6.54. The van der Waals surface area contributed by atoms with Crippen molar-refractivity contribution in [3.63, 3.8) is 0 Å². The number of hydrogen-bond donors (Lipinski definition) is 1. The van der Waals surface area contributed by atoms with Crippen LogP contribution in [0.1, 0.15) is 47.4 Å². The van der Waals surface area contributed by atoms with Crippen molar-refractivity contribution in [3.05, 3.63) is 86.0 Å². The van der Waals surface area contributed by atoms with Crippen LogP contribution in [0.3, 0.4) is 0 Å². The zero-order valence-electron chi connectivity index (χ0n) is 19.2. The van der Waals surface area contributed by atoms with E-state index in [1.807, 2.05) is 19.1 Å². The minimum absolute atomic E-state index is 0.0802. The molecule has 2 aliphatic carbocycles. The van der Waals surface area contributed by atoms with Crippen LogP contribution in [0.4, 0.5) is 0 Å². The zero-order chi connectivity index (χ0) is 24.5. The molecular formula is C28H25BrN4S. The molecule has 0 spiro atoms. The first-order valence-corrected chi connectivity index (χ1v) is 13.1. The summed E-state index contributed by atoms with van der Waals surface area (Å²) in [5.74, 6) is 0.286. The fourth-order valence-electron chi connectivity index (χ4n) is 5.32. The lowest BCUT2D eigenvalue weighted by Crippen LogP contribution is -2.43. The van der Waals surface area contributed by atoms with Crippen molar-refractivity contribution in [1.82, 2.24) is 0 Å². The van der Waals surface area contributed by atoms with E-state index in [0.29, 0.717) is 5.57 Å². The predicted molar refractivity (Wildman–Crippen MR) is 138 cm³/mol. The fraction of sp³-hybridized carbons (Fsp3) is 0.321. The number of nitrogens with zero attached hydrogens (tertiary/aromatic N) is 3. The van der Waals surface area contributed by atoms with Gasteiger partial charge in [0.15, 0.2) is 5.41 Å². The third-order valence-electron chi connectivity index (χ3n) is 7.07. The molecule has 0 heterocycles. The molecule has 0 fully saturated rings. The molecule has 0 radical (unpaired) electrons. The lowest BCUT2D eigenvalue weighted by Gasteiger charge is -2.44. The summed E-state index contributed by atoms with van der Waals surface area (Å²) < 4.78 is 1.05. The zero-order valence-corrected chi connectivity index (χ0v) is 21.6. The van der Waals surface area contributed by atoms with E-state index in [1.54, 1.807) is 11.8 Å². The van der Waals surface area contributed by atoms with Gasteiger partial charge in [-0.05, 0) is 91.1 Å². The summed E-state index contributed by atoms with van der Waals surface area (Å²) in [5, 5.41) is 30.5. The minimum atomic E-state index is -1.57. The maximum absolute atomic E-state index is 10.3. The lowest BCUT2D eigenvalue weighted by molar-refractivity contribution is 0.316. The second-order valence-corrected chi connectivity index (χ2v) is 10.9. The topological polar surface area (TPSA) is 97.4 Å². The summed E-state index contributed by atoms with van der Waals surface area (Å²) in [6.45, 7) is 4.14. The Kier molecular flexibility index (Phi) is 6.90. The van der Waals surface area contributed by atoms with Gasteiger partial charge in [-0.15, -0.1) is 11.8 Å². The van der Waals surface area contributed by atoms with Crippen LogP contribution in [0.2, 0.25) is 0 Å². The molecule has 2 aromatic rings. The number of allylic oxidation sites excluding steroid dienone is 4. The highest BCUT2D eigenvalue weighted by atomic mass is 79.9. The molecule has 2 N–H and O–H groups in total. The van der Waals surface area contributed by atoms with Gasteiger partial charge in [0.2, 0.25) is 0 Å². The van der Waals surface area contributed by atoms with Gasteiger partial charge in [-0.1, -0.05) is 34.1 Å². The number of nitriles is 3. The molecule has 2 atom stereocenters. The first-order chi connectivity index (χ1) is 16.4. The van der Waals surface area contributed by atoms with Gasteiger partial charge in [-0.2, -0.15) is 15.8 Å². The molecule has 4 nitrogen and oxygen atoms in total. The molecule has 0 aliphatic heterocycles.